The molecule has 19 heavy (non-hydrogen) atoms. The smallest absolute Gasteiger partial charge is 0.150 e. The average Bonchev–Trinajstić information content (AvgIpc) is 3.07. The van der Waals surface area contributed by atoms with Crippen molar-refractivity contribution in [2.24, 2.45) is 5.92 Å². The van der Waals surface area contributed by atoms with Crippen LogP contribution in [0.2, 0.25) is 0 Å². The molecule has 0 amide bonds. The number of hydrogen-bond acceptors (Lipinski definition) is 3. The van der Waals surface area contributed by atoms with Crippen LogP contribution in [0.3, 0.4) is 0 Å². The van der Waals surface area contributed by atoms with E-state index in [0.717, 1.165) is 18.3 Å². The molecule has 4 heteroatoms. The summed E-state index contributed by atoms with van der Waals surface area (Å²) in [5.41, 5.74) is 0. The first-order valence-electron chi connectivity index (χ1n) is 7.94. The lowest BCUT2D eigenvalue weighted by molar-refractivity contribution is 0.281. The fourth-order valence-electron chi connectivity index (χ4n) is 3.80. The molecule has 2 heterocycles. The lowest BCUT2D eigenvalue weighted by atomic mass is 9.90. The highest BCUT2D eigenvalue weighted by Crippen LogP contribution is 2.35. The highest BCUT2D eigenvalue weighted by molar-refractivity contribution is 5.05. The maximum atomic E-state index is 4.50. The van der Waals surface area contributed by atoms with Gasteiger partial charge in [0.15, 0.2) is 0 Å². The molecular formula is C15H26N4. The van der Waals surface area contributed by atoms with Crippen molar-refractivity contribution in [3.05, 3.63) is 11.6 Å². The Hall–Kier alpha value is -0.900. The maximum absolute atomic E-state index is 4.50. The molecule has 0 bridgehead atoms. The van der Waals surface area contributed by atoms with Crippen LogP contribution in [0.4, 0.5) is 0 Å². The summed E-state index contributed by atoms with van der Waals surface area (Å²) in [6, 6.07) is 1.06. The SMILES string of the molecule is CCC1CCNC(c2nnc(C)n2C2CCCC2)C1. The van der Waals surface area contributed by atoms with E-state index >= 15 is 0 Å². The third-order valence-electron chi connectivity index (χ3n) is 4.98. The van der Waals surface area contributed by atoms with E-state index < -0.39 is 0 Å². The number of nitrogens with zero attached hydrogens (tertiary/aromatic N) is 3. The van der Waals surface area contributed by atoms with Gasteiger partial charge in [-0.15, -0.1) is 10.2 Å². The van der Waals surface area contributed by atoms with Crippen molar-refractivity contribution in [1.82, 2.24) is 20.1 Å². The minimum atomic E-state index is 0.417. The number of piperidine rings is 1. The van der Waals surface area contributed by atoms with E-state index in [1.807, 2.05) is 0 Å². The van der Waals surface area contributed by atoms with Gasteiger partial charge in [-0.2, -0.15) is 0 Å². The van der Waals surface area contributed by atoms with E-state index in [-0.39, 0.29) is 0 Å². The van der Waals surface area contributed by atoms with E-state index in [0.29, 0.717) is 12.1 Å². The first-order valence-corrected chi connectivity index (χ1v) is 7.94. The molecule has 1 saturated carbocycles. The molecule has 106 valence electrons. The monoisotopic (exact) mass is 262 g/mol. The van der Waals surface area contributed by atoms with Crippen LogP contribution in [0.25, 0.3) is 0 Å². The summed E-state index contributed by atoms with van der Waals surface area (Å²) in [5.74, 6) is 3.14. The van der Waals surface area contributed by atoms with Crippen molar-refractivity contribution in [2.75, 3.05) is 6.54 Å². The highest BCUT2D eigenvalue weighted by Gasteiger charge is 2.29. The van der Waals surface area contributed by atoms with E-state index in [4.69, 9.17) is 0 Å². The Morgan fingerprint density at radius 1 is 1.21 bits per heavy atom. The lowest BCUT2D eigenvalue weighted by Crippen LogP contribution is -2.34. The van der Waals surface area contributed by atoms with Gasteiger partial charge >= 0.3 is 0 Å². The molecule has 2 aliphatic rings. The second kappa shape index (κ2) is 5.61. The van der Waals surface area contributed by atoms with Gasteiger partial charge in [0.25, 0.3) is 0 Å². The van der Waals surface area contributed by atoms with Crippen LogP contribution in [0.15, 0.2) is 0 Å². The second-order valence-electron chi connectivity index (χ2n) is 6.22. The summed E-state index contributed by atoms with van der Waals surface area (Å²) in [4.78, 5) is 0. The molecule has 2 unspecified atom stereocenters. The van der Waals surface area contributed by atoms with Crippen molar-refractivity contribution in [2.45, 2.75) is 70.9 Å². The van der Waals surface area contributed by atoms with E-state index in [1.165, 1.54) is 50.8 Å². The predicted molar refractivity (Wildman–Crippen MR) is 76.0 cm³/mol. The van der Waals surface area contributed by atoms with Crippen molar-refractivity contribution in [1.29, 1.82) is 0 Å². The van der Waals surface area contributed by atoms with Crippen molar-refractivity contribution in [3.63, 3.8) is 0 Å². The summed E-state index contributed by atoms with van der Waals surface area (Å²) in [7, 11) is 0. The lowest BCUT2D eigenvalue weighted by Gasteiger charge is -2.30. The Morgan fingerprint density at radius 3 is 2.74 bits per heavy atom. The molecule has 1 aromatic rings. The van der Waals surface area contributed by atoms with Gasteiger partial charge in [-0.25, -0.2) is 0 Å². The standard InChI is InChI=1S/C15H26N4/c1-3-12-8-9-16-14(10-12)15-18-17-11(2)19(15)13-6-4-5-7-13/h12-14,16H,3-10H2,1-2H3. The molecular weight excluding hydrogens is 236 g/mol. The molecule has 1 aliphatic heterocycles. The van der Waals surface area contributed by atoms with Gasteiger partial charge < -0.3 is 9.88 Å². The maximum Gasteiger partial charge on any atom is 0.150 e. The van der Waals surface area contributed by atoms with Crippen LogP contribution >= 0.6 is 0 Å². The zero-order valence-electron chi connectivity index (χ0n) is 12.2. The Morgan fingerprint density at radius 2 is 2.00 bits per heavy atom. The minimum Gasteiger partial charge on any atom is -0.311 e. The van der Waals surface area contributed by atoms with Gasteiger partial charge in [0.1, 0.15) is 11.6 Å². The molecule has 0 spiro atoms. The Bertz CT molecular complexity index is 420. The zero-order chi connectivity index (χ0) is 13.2. The fraction of sp³-hybridized carbons (Fsp3) is 0.867. The summed E-state index contributed by atoms with van der Waals surface area (Å²) < 4.78 is 2.43. The molecule has 1 N–H and O–H groups in total. The largest absolute Gasteiger partial charge is 0.311 e. The van der Waals surface area contributed by atoms with Crippen molar-refractivity contribution >= 4 is 0 Å². The normalized spacial score (nSPS) is 28.9. The third kappa shape index (κ3) is 2.55. The van der Waals surface area contributed by atoms with Crippen LogP contribution in [0, 0.1) is 12.8 Å². The van der Waals surface area contributed by atoms with Crippen LogP contribution in [-0.2, 0) is 0 Å². The van der Waals surface area contributed by atoms with E-state index in [9.17, 15) is 0 Å². The molecule has 3 rings (SSSR count). The molecule has 0 aromatic carbocycles. The second-order valence-corrected chi connectivity index (χ2v) is 6.22. The zero-order valence-corrected chi connectivity index (χ0v) is 12.2. The van der Waals surface area contributed by atoms with Gasteiger partial charge in [-0.1, -0.05) is 26.2 Å². The first-order chi connectivity index (χ1) is 9.29. The van der Waals surface area contributed by atoms with Crippen LogP contribution < -0.4 is 5.32 Å². The Labute approximate surface area is 116 Å². The number of rotatable bonds is 3. The van der Waals surface area contributed by atoms with Crippen molar-refractivity contribution in [3.8, 4) is 0 Å². The van der Waals surface area contributed by atoms with Crippen LogP contribution in [0.5, 0.6) is 0 Å². The van der Waals surface area contributed by atoms with Crippen LogP contribution in [-0.4, -0.2) is 21.3 Å². The molecule has 0 radical (unpaired) electrons. The summed E-state index contributed by atoms with van der Waals surface area (Å²) in [6.45, 7) is 5.54. The van der Waals surface area contributed by atoms with Gasteiger partial charge in [-0.3, -0.25) is 0 Å². The number of hydrogen-bond donors (Lipinski definition) is 1. The molecule has 1 saturated heterocycles. The van der Waals surface area contributed by atoms with Gasteiger partial charge in [0.05, 0.1) is 6.04 Å². The van der Waals surface area contributed by atoms with E-state index in [2.05, 4.69) is 33.9 Å². The predicted octanol–water partition coefficient (Wildman–Crippen LogP) is 3.15. The number of aromatic nitrogens is 3. The van der Waals surface area contributed by atoms with Crippen LogP contribution in [0.1, 0.15) is 75.6 Å². The quantitative estimate of drug-likeness (QED) is 0.910. The molecule has 1 aromatic heterocycles. The van der Waals surface area contributed by atoms with Crippen molar-refractivity contribution < 1.29 is 0 Å². The summed E-state index contributed by atoms with van der Waals surface area (Å²) in [5, 5.41) is 12.5. The molecule has 2 fully saturated rings. The van der Waals surface area contributed by atoms with E-state index in [1.54, 1.807) is 0 Å². The molecule has 1 aliphatic carbocycles. The Balaban J connectivity index is 1.83. The topological polar surface area (TPSA) is 42.7 Å². The first kappa shape index (κ1) is 13.1. The molecule has 4 nitrogen and oxygen atoms in total. The highest BCUT2D eigenvalue weighted by atomic mass is 15.3. The number of nitrogens with one attached hydrogen (secondary N) is 1. The molecule has 2 atom stereocenters. The average molecular weight is 262 g/mol. The summed E-state index contributed by atoms with van der Waals surface area (Å²) in [6.07, 6.45) is 9.14. The fourth-order valence-corrected chi connectivity index (χ4v) is 3.80. The minimum absolute atomic E-state index is 0.417. The van der Waals surface area contributed by atoms with Gasteiger partial charge in [0.2, 0.25) is 0 Å². The van der Waals surface area contributed by atoms with Gasteiger partial charge in [-0.05, 0) is 45.1 Å². The third-order valence-corrected chi connectivity index (χ3v) is 4.98. The Kier molecular flexibility index (Phi) is 3.87. The number of aryl methyl sites for hydroxylation is 1. The van der Waals surface area contributed by atoms with Gasteiger partial charge in [0, 0.05) is 6.04 Å². The summed E-state index contributed by atoms with van der Waals surface area (Å²) >= 11 is 0.